The van der Waals surface area contributed by atoms with Crippen LogP contribution in [0.25, 0.3) is 6.08 Å². The molecule has 0 aliphatic carbocycles. The van der Waals surface area contributed by atoms with Gasteiger partial charge in [-0.3, -0.25) is 14.9 Å². The largest absolute Gasteiger partial charge is 0.497 e. The number of ether oxygens (including phenoxy) is 1. The molecule has 0 saturated carbocycles. The summed E-state index contributed by atoms with van der Waals surface area (Å²) in [6.07, 6.45) is 2.75. The summed E-state index contributed by atoms with van der Waals surface area (Å²) in [5, 5.41) is 13.9. The maximum Gasteiger partial charge on any atom is 0.276 e. The SMILES string of the molecule is COc1cccc([C@@H](CNC(=O)/C=C/c2ccccc2[N+](=O)[O-])N(C)C)c1. The summed E-state index contributed by atoms with van der Waals surface area (Å²) in [7, 11) is 5.47. The van der Waals surface area contributed by atoms with Gasteiger partial charge < -0.3 is 15.0 Å². The van der Waals surface area contributed by atoms with E-state index in [2.05, 4.69) is 5.32 Å². The first kappa shape index (κ1) is 20.1. The lowest BCUT2D eigenvalue weighted by Gasteiger charge is -2.25. The molecule has 0 unspecified atom stereocenters. The molecule has 1 N–H and O–H groups in total. The van der Waals surface area contributed by atoms with Crippen LogP contribution in [0.15, 0.2) is 54.6 Å². The number of hydrogen-bond acceptors (Lipinski definition) is 5. The van der Waals surface area contributed by atoms with Gasteiger partial charge in [0.05, 0.1) is 23.6 Å². The summed E-state index contributed by atoms with van der Waals surface area (Å²) < 4.78 is 5.26. The maximum absolute atomic E-state index is 12.2. The minimum absolute atomic E-state index is 0.0379. The monoisotopic (exact) mass is 369 g/mol. The van der Waals surface area contributed by atoms with E-state index in [0.717, 1.165) is 11.3 Å². The highest BCUT2D eigenvalue weighted by molar-refractivity contribution is 5.92. The first-order chi connectivity index (χ1) is 12.9. The Balaban J connectivity index is 2.05. The van der Waals surface area contributed by atoms with Crippen LogP contribution in [0.3, 0.4) is 0 Å². The number of nitrogens with one attached hydrogen (secondary N) is 1. The number of likely N-dealkylation sites (N-methyl/N-ethyl adjacent to an activating group) is 1. The quantitative estimate of drug-likeness (QED) is 0.439. The van der Waals surface area contributed by atoms with E-state index in [1.54, 1.807) is 25.3 Å². The van der Waals surface area contributed by atoms with Crippen LogP contribution >= 0.6 is 0 Å². The molecule has 0 aromatic heterocycles. The Hall–Kier alpha value is -3.19. The number of carbonyl (C=O) groups is 1. The van der Waals surface area contributed by atoms with Crippen molar-refractivity contribution in [2.75, 3.05) is 27.7 Å². The number of methoxy groups -OCH3 is 1. The lowest BCUT2D eigenvalue weighted by molar-refractivity contribution is -0.385. The lowest BCUT2D eigenvalue weighted by Crippen LogP contribution is -2.33. The number of rotatable bonds is 8. The number of benzene rings is 2. The van der Waals surface area contributed by atoms with E-state index < -0.39 is 4.92 Å². The molecule has 0 radical (unpaired) electrons. The maximum atomic E-state index is 12.2. The third-order valence-corrected chi connectivity index (χ3v) is 4.12. The Morgan fingerprint density at radius 1 is 1.26 bits per heavy atom. The summed E-state index contributed by atoms with van der Waals surface area (Å²) in [6.45, 7) is 0.389. The smallest absolute Gasteiger partial charge is 0.276 e. The second kappa shape index (κ2) is 9.49. The van der Waals surface area contributed by atoms with Crippen molar-refractivity contribution < 1.29 is 14.5 Å². The van der Waals surface area contributed by atoms with Crippen LogP contribution in [0.5, 0.6) is 5.75 Å². The molecule has 27 heavy (non-hydrogen) atoms. The number of nitrogens with zero attached hydrogens (tertiary/aromatic N) is 2. The van der Waals surface area contributed by atoms with Gasteiger partial charge in [-0.25, -0.2) is 0 Å². The van der Waals surface area contributed by atoms with Crippen LogP contribution in [0.2, 0.25) is 0 Å². The highest BCUT2D eigenvalue weighted by Gasteiger charge is 2.16. The van der Waals surface area contributed by atoms with E-state index in [9.17, 15) is 14.9 Å². The molecule has 1 atom stereocenters. The predicted octanol–water partition coefficient (Wildman–Crippen LogP) is 3.04. The van der Waals surface area contributed by atoms with E-state index in [4.69, 9.17) is 4.74 Å². The molecule has 2 aromatic carbocycles. The van der Waals surface area contributed by atoms with Crippen LogP contribution in [-0.4, -0.2) is 43.5 Å². The number of carbonyl (C=O) groups excluding carboxylic acids is 1. The van der Waals surface area contributed by atoms with Crippen molar-refractivity contribution in [3.63, 3.8) is 0 Å². The summed E-state index contributed by atoms with van der Waals surface area (Å²) in [4.78, 5) is 24.7. The first-order valence-corrected chi connectivity index (χ1v) is 8.42. The second-order valence-corrected chi connectivity index (χ2v) is 6.15. The highest BCUT2D eigenvalue weighted by atomic mass is 16.6. The van der Waals surface area contributed by atoms with Gasteiger partial charge >= 0.3 is 0 Å². The van der Waals surface area contributed by atoms with Gasteiger partial charge in [0.25, 0.3) is 5.69 Å². The second-order valence-electron chi connectivity index (χ2n) is 6.15. The zero-order chi connectivity index (χ0) is 19.8. The van der Waals surface area contributed by atoms with Crippen molar-refractivity contribution >= 4 is 17.7 Å². The molecule has 142 valence electrons. The zero-order valence-corrected chi connectivity index (χ0v) is 15.6. The van der Waals surface area contributed by atoms with Gasteiger partial charge in [0.15, 0.2) is 0 Å². The minimum atomic E-state index is -0.470. The van der Waals surface area contributed by atoms with Crippen LogP contribution in [0, 0.1) is 10.1 Å². The lowest BCUT2D eigenvalue weighted by atomic mass is 10.1. The fourth-order valence-corrected chi connectivity index (χ4v) is 2.66. The Bertz CT molecular complexity index is 833. The molecule has 0 aliphatic rings. The average molecular weight is 369 g/mol. The van der Waals surface area contributed by atoms with Gasteiger partial charge in [0, 0.05) is 18.7 Å². The summed E-state index contributed by atoms with van der Waals surface area (Å²) in [5.74, 6) is 0.435. The Kier molecular flexibility index (Phi) is 7.08. The normalized spacial score (nSPS) is 12.1. The van der Waals surface area contributed by atoms with Gasteiger partial charge in [-0.2, -0.15) is 0 Å². The number of amides is 1. The Morgan fingerprint density at radius 2 is 2.00 bits per heavy atom. The minimum Gasteiger partial charge on any atom is -0.497 e. The van der Waals surface area contributed by atoms with E-state index >= 15 is 0 Å². The first-order valence-electron chi connectivity index (χ1n) is 8.42. The van der Waals surface area contributed by atoms with Crippen molar-refractivity contribution in [1.29, 1.82) is 0 Å². The third kappa shape index (κ3) is 5.65. The van der Waals surface area contributed by atoms with Crippen molar-refractivity contribution in [3.8, 4) is 5.75 Å². The summed E-state index contributed by atoms with van der Waals surface area (Å²) in [5.41, 5.74) is 1.36. The number of hydrogen-bond donors (Lipinski definition) is 1. The van der Waals surface area contributed by atoms with Gasteiger partial charge in [-0.15, -0.1) is 0 Å². The van der Waals surface area contributed by atoms with Crippen LogP contribution in [0.4, 0.5) is 5.69 Å². The topological polar surface area (TPSA) is 84.7 Å². The molecular weight excluding hydrogens is 346 g/mol. The molecule has 0 bridgehead atoms. The fourth-order valence-electron chi connectivity index (χ4n) is 2.66. The molecule has 2 aromatic rings. The standard InChI is InChI=1S/C20H23N3O4/c1-22(2)19(16-8-6-9-17(13-16)27-3)14-21-20(24)12-11-15-7-4-5-10-18(15)23(25)26/h4-13,19H,14H2,1-3H3,(H,21,24)/b12-11+/t19-/m1/s1. The van der Waals surface area contributed by atoms with Crippen LogP contribution < -0.4 is 10.1 Å². The van der Waals surface area contributed by atoms with Gasteiger partial charge in [-0.1, -0.05) is 24.3 Å². The molecule has 7 nitrogen and oxygen atoms in total. The zero-order valence-electron chi connectivity index (χ0n) is 15.6. The molecule has 7 heteroatoms. The summed E-state index contributed by atoms with van der Waals surface area (Å²) >= 11 is 0. The summed E-state index contributed by atoms with van der Waals surface area (Å²) in [6, 6.07) is 13.9. The number of nitro groups is 1. The highest BCUT2D eigenvalue weighted by Crippen LogP contribution is 2.22. The van der Waals surface area contributed by atoms with E-state index in [1.165, 1.54) is 18.2 Å². The van der Waals surface area contributed by atoms with Crippen LogP contribution in [0.1, 0.15) is 17.2 Å². The van der Waals surface area contributed by atoms with Crippen molar-refractivity contribution in [2.45, 2.75) is 6.04 Å². The van der Waals surface area contributed by atoms with Gasteiger partial charge in [0.1, 0.15) is 5.75 Å². The Morgan fingerprint density at radius 3 is 2.67 bits per heavy atom. The Labute approximate surface area is 158 Å². The van der Waals surface area contributed by atoms with E-state index in [1.807, 2.05) is 43.3 Å². The van der Waals surface area contributed by atoms with Gasteiger partial charge in [-0.05, 0) is 43.9 Å². The molecule has 0 heterocycles. The van der Waals surface area contributed by atoms with Crippen molar-refractivity contribution in [1.82, 2.24) is 10.2 Å². The predicted molar refractivity (Wildman–Crippen MR) is 105 cm³/mol. The molecular formula is C20H23N3O4. The van der Waals surface area contributed by atoms with Crippen molar-refractivity contribution in [2.24, 2.45) is 0 Å². The number of nitro benzene ring substituents is 1. The third-order valence-electron chi connectivity index (χ3n) is 4.12. The molecule has 2 rings (SSSR count). The van der Waals surface area contributed by atoms with Crippen molar-refractivity contribution in [3.05, 3.63) is 75.8 Å². The molecule has 0 aliphatic heterocycles. The van der Waals surface area contributed by atoms with Gasteiger partial charge in [0.2, 0.25) is 5.91 Å². The van der Waals surface area contributed by atoms with Crippen LogP contribution in [-0.2, 0) is 4.79 Å². The molecule has 0 spiro atoms. The molecule has 0 saturated heterocycles. The average Bonchev–Trinajstić information content (AvgIpc) is 2.66. The molecule has 1 amide bonds. The fraction of sp³-hybridized carbons (Fsp3) is 0.250. The number of para-hydroxylation sites is 1. The molecule has 0 fully saturated rings. The van der Waals surface area contributed by atoms with E-state index in [0.29, 0.717) is 12.1 Å². The van der Waals surface area contributed by atoms with E-state index in [-0.39, 0.29) is 17.6 Å².